The molecule has 0 saturated heterocycles. The van der Waals surface area contributed by atoms with Crippen molar-refractivity contribution < 1.29 is 13.2 Å². The van der Waals surface area contributed by atoms with Gasteiger partial charge in [0.1, 0.15) is 0 Å². The largest absolute Gasteiger partial charge is 0.325 e. The fraction of sp³-hybridized carbons (Fsp3) is 0.278. The lowest BCUT2D eigenvalue weighted by Gasteiger charge is -2.11. The Morgan fingerprint density at radius 1 is 1.20 bits per heavy atom. The minimum Gasteiger partial charge on any atom is -0.325 e. The Morgan fingerprint density at radius 2 is 1.96 bits per heavy atom. The van der Waals surface area contributed by atoms with Gasteiger partial charge in [-0.1, -0.05) is 37.3 Å². The Morgan fingerprint density at radius 3 is 2.72 bits per heavy atom. The highest BCUT2D eigenvalue weighted by molar-refractivity contribution is 8.00. The summed E-state index contributed by atoms with van der Waals surface area (Å²) in [5.41, 5.74) is 1.63. The van der Waals surface area contributed by atoms with Gasteiger partial charge in [0, 0.05) is 23.1 Å². The molecule has 2 N–H and O–H groups in total. The molecule has 1 aliphatic heterocycles. The maximum Gasteiger partial charge on any atom is 0.240 e. The number of anilines is 1. The van der Waals surface area contributed by atoms with Crippen LogP contribution in [0.25, 0.3) is 0 Å². The Bertz CT molecular complexity index is 867. The quantitative estimate of drug-likeness (QED) is 0.841. The van der Waals surface area contributed by atoms with Crippen molar-refractivity contribution in [3.8, 4) is 0 Å². The Kier molecular flexibility index (Phi) is 5.46. The molecule has 0 spiro atoms. The van der Waals surface area contributed by atoms with E-state index in [1.807, 2.05) is 37.3 Å². The standard InChI is InChI=1S/C18H20N2O3S2/c1-13-11-18(21)20-16-12-15(7-8-17(16)24-13)25(22,23)19-10-9-14-5-3-2-4-6-14/h2-8,12-13,19H,9-11H2,1H3,(H,20,21). The second-order valence-corrected chi connectivity index (χ2v) is 9.22. The van der Waals surface area contributed by atoms with E-state index in [1.54, 1.807) is 23.9 Å². The van der Waals surface area contributed by atoms with Crippen LogP contribution in [-0.2, 0) is 21.2 Å². The van der Waals surface area contributed by atoms with Crippen molar-refractivity contribution in [3.63, 3.8) is 0 Å². The first-order chi connectivity index (χ1) is 11.9. The summed E-state index contributed by atoms with van der Waals surface area (Å²) >= 11 is 1.57. The molecule has 0 fully saturated rings. The number of rotatable bonds is 5. The molecule has 2 aromatic rings. The van der Waals surface area contributed by atoms with Gasteiger partial charge in [-0.25, -0.2) is 13.1 Å². The van der Waals surface area contributed by atoms with E-state index in [0.717, 1.165) is 10.5 Å². The van der Waals surface area contributed by atoms with Crippen LogP contribution in [0.5, 0.6) is 0 Å². The minimum absolute atomic E-state index is 0.0923. The van der Waals surface area contributed by atoms with Gasteiger partial charge in [-0.2, -0.15) is 0 Å². The second kappa shape index (κ2) is 7.59. The number of hydrogen-bond donors (Lipinski definition) is 2. The average molecular weight is 377 g/mol. The predicted octanol–water partition coefficient (Wildman–Crippen LogP) is 3.03. The van der Waals surface area contributed by atoms with Crippen LogP contribution in [0.2, 0.25) is 0 Å². The van der Waals surface area contributed by atoms with Crippen LogP contribution < -0.4 is 10.0 Å². The molecule has 7 heteroatoms. The summed E-state index contributed by atoms with van der Waals surface area (Å²) in [7, 11) is -3.62. The van der Waals surface area contributed by atoms with Gasteiger partial charge in [0.25, 0.3) is 0 Å². The van der Waals surface area contributed by atoms with Crippen molar-refractivity contribution in [3.05, 3.63) is 54.1 Å². The van der Waals surface area contributed by atoms with Crippen molar-refractivity contribution in [1.29, 1.82) is 0 Å². The molecule has 132 valence electrons. The Balaban J connectivity index is 1.73. The summed E-state index contributed by atoms with van der Waals surface area (Å²) in [5, 5.41) is 2.96. The van der Waals surface area contributed by atoms with E-state index in [9.17, 15) is 13.2 Å². The lowest BCUT2D eigenvalue weighted by molar-refractivity contribution is -0.116. The highest BCUT2D eigenvalue weighted by Gasteiger charge is 2.22. The fourth-order valence-electron chi connectivity index (χ4n) is 2.66. The maximum absolute atomic E-state index is 12.5. The van der Waals surface area contributed by atoms with Crippen molar-refractivity contribution in [2.24, 2.45) is 0 Å². The lowest BCUT2D eigenvalue weighted by atomic mass is 10.2. The molecule has 0 bridgehead atoms. The lowest BCUT2D eigenvalue weighted by Crippen LogP contribution is -2.26. The molecule has 0 saturated carbocycles. The molecular formula is C18H20N2O3S2. The first-order valence-electron chi connectivity index (χ1n) is 8.08. The molecule has 0 aromatic heterocycles. The number of hydrogen-bond acceptors (Lipinski definition) is 4. The van der Waals surface area contributed by atoms with Crippen LogP contribution in [0.15, 0.2) is 58.3 Å². The van der Waals surface area contributed by atoms with Crippen molar-refractivity contribution in [2.75, 3.05) is 11.9 Å². The fourth-order valence-corrected chi connectivity index (χ4v) is 4.76. The van der Waals surface area contributed by atoms with Gasteiger partial charge < -0.3 is 5.32 Å². The highest BCUT2D eigenvalue weighted by atomic mass is 32.2. The van der Waals surface area contributed by atoms with Crippen LogP contribution in [-0.4, -0.2) is 26.1 Å². The molecule has 3 rings (SSSR count). The molecule has 1 amide bonds. The number of sulfonamides is 1. The van der Waals surface area contributed by atoms with Gasteiger partial charge >= 0.3 is 0 Å². The van der Waals surface area contributed by atoms with Crippen LogP contribution >= 0.6 is 11.8 Å². The van der Waals surface area contributed by atoms with Crippen molar-refractivity contribution in [1.82, 2.24) is 4.72 Å². The summed E-state index contributed by atoms with van der Waals surface area (Å²) in [4.78, 5) is 12.9. The first kappa shape index (κ1) is 18.0. The summed E-state index contributed by atoms with van der Waals surface area (Å²) in [5.74, 6) is -0.0923. The average Bonchev–Trinajstić information content (AvgIpc) is 2.71. The van der Waals surface area contributed by atoms with E-state index in [1.165, 1.54) is 6.07 Å². The van der Waals surface area contributed by atoms with E-state index in [4.69, 9.17) is 0 Å². The van der Waals surface area contributed by atoms with Gasteiger partial charge in [-0.05, 0) is 30.2 Å². The third-order valence-electron chi connectivity index (χ3n) is 3.89. The molecule has 2 aromatic carbocycles. The molecule has 25 heavy (non-hydrogen) atoms. The smallest absolute Gasteiger partial charge is 0.240 e. The number of nitrogens with one attached hydrogen (secondary N) is 2. The zero-order valence-electron chi connectivity index (χ0n) is 13.9. The van der Waals surface area contributed by atoms with Gasteiger partial charge in [0.05, 0.1) is 10.6 Å². The third-order valence-corrected chi connectivity index (χ3v) is 6.52. The molecule has 1 atom stereocenters. The molecule has 5 nitrogen and oxygen atoms in total. The number of thioether (sulfide) groups is 1. The Labute approximate surface area is 152 Å². The van der Waals surface area contributed by atoms with Crippen LogP contribution in [0.3, 0.4) is 0 Å². The topological polar surface area (TPSA) is 75.3 Å². The number of carbonyl (C=O) groups excluding carboxylic acids is 1. The zero-order chi connectivity index (χ0) is 17.9. The van der Waals surface area contributed by atoms with Gasteiger partial charge in [0.2, 0.25) is 15.9 Å². The van der Waals surface area contributed by atoms with E-state index >= 15 is 0 Å². The van der Waals surface area contributed by atoms with E-state index < -0.39 is 10.0 Å². The summed E-state index contributed by atoms with van der Waals surface area (Å²) < 4.78 is 27.6. The SMILES string of the molecule is CC1CC(=O)Nc2cc(S(=O)(=O)NCCc3ccccc3)ccc2S1. The molecule has 1 unspecified atom stereocenters. The molecule has 1 aliphatic rings. The van der Waals surface area contributed by atoms with Crippen LogP contribution in [0.1, 0.15) is 18.9 Å². The molecule has 0 radical (unpaired) electrons. The molecule has 1 heterocycles. The molecular weight excluding hydrogens is 356 g/mol. The normalized spacial score (nSPS) is 17.5. The Hall–Kier alpha value is -1.83. The number of amides is 1. The second-order valence-electron chi connectivity index (χ2n) is 5.97. The summed E-state index contributed by atoms with van der Waals surface area (Å²) in [6, 6.07) is 14.6. The van der Waals surface area contributed by atoms with Crippen molar-refractivity contribution >= 4 is 33.4 Å². The number of carbonyl (C=O) groups is 1. The van der Waals surface area contributed by atoms with E-state index in [0.29, 0.717) is 25.1 Å². The monoisotopic (exact) mass is 376 g/mol. The summed E-state index contributed by atoms with van der Waals surface area (Å²) in [6.45, 7) is 2.30. The maximum atomic E-state index is 12.5. The van der Waals surface area contributed by atoms with Crippen LogP contribution in [0.4, 0.5) is 5.69 Å². The predicted molar refractivity (Wildman–Crippen MR) is 100 cm³/mol. The number of fused-ring (bicyclic) bond motifs is 1. The van der Waals surface area contributed by atoms with Gasteiger partial charge in [-0.3, -0.25) is 4.79 Å². The van der Waals surface area contributed by atoms with Crippen molar-refractivity contribution in [2.45, 2.75) is 34.8 Å². The van der Waals surface area contributed by atoms with Gasteiger partial charge in [0.15, 0.2) is 0 Å². The van der Waals surface area contributed by atoms with Crippen LogP contribution in [0, 0.1) is 0 Å². The third kappa shape index (κ3) is 4.62. The van der Waals surface area contributed by atoms with Gasteiger partial charge in [-0.15, -0.1) is 11.8 Å². The summed E-state index contributed by atoms with van der Waals surface area (Å²) in [6.07, 6.45) is 1.03. The van der Waals surface area contributed by atoms with E-state index in [-0.39, 0.29) is 16.1 Å². The number of benzene rings is 2. The van der Waals surface area contributed by atoms with E-state index in [2.05, 4.69) is 10.0 Å². The minimum atomic E-state index is -3.62. The highest BCUT2D eigenvalue weighted by Crippen LogP contribution is 2.36. The molecule has 0 aliphatic carbocycles. The zero-order valence-corrected chi connectivity index (χ0v) is 15.5. The first-order valence-corrected chi connectivity index (χ1v) is 10.4.